The van der Waals surface area contributed by atoms with Gasteiger partial charge in [-0.2, -0.15) is 0 Å². The Morgan fingerprint density at radius 1 is 1.39 bits per heavy atom. The molecule has 1 aliphatic rings. The first-order valence-electron chi connectivity index (χ1n) is 6.44. The third kappa shape index (κ3) is 3.05. The molecule has 0 spiro atoms. The number of rotatable bonds is 2. The summed E-state index contributed by atoms with van der Waals surface area (Å²) in [6.45, 7) is 2.21. The molecule has 1 amide bonds. The first kappa shape index (κ1) is 13.4. The molecule has 98 valence electrons. The normalized spacial score (nSPS) is 23.7. The number of nitrogens with two attached hydrogens (primary N) is 1. The van der Waals surface area contributed by atoms with E-state index in [4.69, 9.17) is 5.73 Å². The van der Waals surface area contributed by atoms with Crippen molar-refractivity contribution in [1.29, 1.82) is 0 Å². The highest BCUT2D eigenvalue weighted by Crippen LogP contribution is 2.25. The molecular formula is C14H19BrN2O. The van der Waals surface area contributed by atoms with Crippen LogP contribution in [0.4, 0.5) is 5.69 Å². The third-order valence-electron chi connectivity index (χ3n) is 3.69. The molecule has 18 heavy (non-hydrogen) atoms. The molecule has 1 aliphatic carbocycles. The second-order valence-corrected chi connectivity index (χ2v) is 5.93. The van der Waals surface area contributed by atoms with Crippen molar-refractivity contribution >= 4 is 27.5 Å². The van der Waals surface area contributed by atoms with Gasteiger partial charge in [-0.1, -0.05) is 19.8 Å². The minimum absolute atomic E-state index is 0.0204. The lowest BCUT2D eigenvalue weighted by Crippen LogP contribution is -2.41. The predicted molar refractivity (Wildman–Crippen MR) is 77.4 cm³/mol. The largest absolute Gasteiger partial charge is 0.398 e. The minimum Gasteiger partial charge on any atom is -0.398 e. The highest BCUT2D eigenvalue weighted by atomic mass is 79.9. The standard InChI is InChI=1S/C14H19BrN2O/c1-9-4-2-3-5-13(9)17-14(18)10-6-7-11(15)12(16)8-10/h6-9,13H,2-5,16H2,1H3,(H,17,18)/t9-,13-/m1/s1. The van der Waals surface area contributed by atoms with Crippen LogP contribution >= 0.6 is 15.9 Å². The van der Waals surface area contributed by atoms with E-state index < -0.39 is 0 Å². The van der Waals surface area contributed by atoms with Gasteiger partial charge in [0.2, 0.25) is 0 Å². The van der Waals surface area contributed by atoms with Crippen molar-refractivity contribution in [2.24, 2.45) is 5.92 Å². The molecule has 2 rings (SSSR count). The van der Waals surface area contributed by atoms with Crippen LogP contribution in [0, 0.1) is 5.92 Å². The van der Waals surface area contributed by atoms with Crippen LogP contribution in [0.2, 0.25) is 0 Å². The van der Waals surface area contributed by atoms with Crippen molar-refractivity contribution in [2.45, 2.75) is 38.6 Å². The van der Waals surface area contributed by atoms with Crippen molar-refractivity contribution in [3.8, 4) is 0 Å². The Balaban J connectivity index is 2.04. The molecule has 0 saturated heterocycles. The summed E-state index contributed by atoms with van der Waals surface area (Å²) in [5, 5.41) is 3.12. The smallest absolute Gasteiger partial charge is 0.251 e. The summed E-state index contributed by atoms with van der Waals surface area (Å²) >= 11 is 3.33. The van der Waals surface area contributed by atoms with Crippen molar-refractivity contribution in [1.82, 2.24) is 5.32 Å². The number of benzene rings is 1. The van der Waals surface area contributed by atoms with Crippen molar-refractivity contribution in [3.05, 3.63) is 28.2 Å². The van der Waals surface area contributed by atoms with E-state index in [9.17, 15) is 4.79 Å². The van der Waals surface area contributed by atoms with Gasteiger partial charge < -0.3 is 11.1 Å². The number of nitrogens with one attached hydrogen (secondary N) is 1. The summed E-state index contributed by atoms with van der Waals surface area (Å²) in [5.74, 6) is 0.545. The molecule has 3 nitrogen and oxygen atoms in total. The average Bonchev–Trinajstić information content (AvgIpc) is 2.35. The van der Waals surface area contributed by atoms with E-state index in [1.54, 1.807) is 12.1 Å². The predicted octanol–water partition coefficient (Wildman–Crippen LogP) is 3.34. The monoisotopic (exact) mass is 310 g/mol. The van der Waals surface area contributed by atoms with Crippen LogP contribution in [0.3, 0.4) is 0 Å². The van der Waals surface area contributed by atoms with Gasteiger partial charge in [0.1, 0.15) is 0 Å². The van der Waals surface area contributed by atoms with Crippen LogP contribution in [-0.4, -0.2) is 11.9 Å². The summed E-state index contributed by atoms with van der Waals surface area (Å²) in [7, 11) is 0. The number of nitrogen functional groups attached to an aromatic ring is 1. The lowest BCUT2D eigenvalue weighted by Gasteiger charge is -2.29. The molecule has 2 atom stereocenters. The molecule has 4 heteroatoms. The van der Waals surface area contributed by atoms with Gasteiger partial charge in [-0.25, -0.2) is 0 Å². The molecular weight excluding hydrogens is 292 g/mol. The lowest BCUT2D eigenvalue weighted by atomic mass is 9.86. The molecule has 0 unspecified atom stereocenters. The highest BCUT2D eigenvalue weighted by molar-refractivity contribution is 9.10. The second-order valence-electron chi connectivity index (χ2n) is 5.08. The Morgan fingerprint density at radius 2 is 2.11 bits per heavy atom. The van der Waals surface area contributed by atoms with Crippen LogP contribution in [0.1, 0.15) is 43.0 Å². The van der Waals surface area contributed by atoms with Crippen LogP contribution in [0.15, 0.2) is 22.7 Å². The summed E-state index contributed by atoms with van der Waals surface area (Å²) in [5.41, 5.74) is 7.02. The Morgan fingerprint density at radius 3 is 2.78 bits per heavy atom. The molecule has 0 aliphatic heterocycles. The number of amides is 1. The van der Waals surface area contributed by atoms with Gasteiger partial charge in [0, 0.05) is 21.8 Å². The van der Waals surface area contributed by atoms with E-state index in [0.29, 0.717) is 23.2 Å². The number of halogens is 1. The van der Waals surface area contributed by atoms with Gasteiger partial charge in [0.25, 0.3) is 5.91 Å². The number of hydrogen-bond acceptors (Lipinski definition) is 2. The molecule has 3 N–H and O–H groups in total. The number of carbonyl (C=O) groups is 1. The van der Waals surface area contributed by atoms with E-state index in [2.05, 4.69) is 28.2 Å². The summed E-state index contributed by atoms with van der Waals surface area (Å²) in [6.07, 6.45) is 4.77. The van der Waals surface area contributed by atoms with Gasteiger partial charge in [-0.05, 0) is 52.9 Å². The molecule has 0 aromatic heterocycles. The molecule has 0 bridgehead atoms. The van der Waals surface area contributed by atoms with Gasteiger partial charge in [-0.3, -0.25) is 4.79 Å². The van der Waals surface area contributed by atoms with Crippen LogP contribution in [0.25, 0.3) is 0 Å². The molecule has 1 aromatic carbocycles. The fourth-order valence-corrected chi connectivity index (χ4v) is 2.71. The molecule has 1 fully saturated rings. The van der Waals surface area contributed by atoms with Crippen molar-refractivity contribution in [3.63, 3.8) is 0 Å². The van der Waals surface area contributed by atoms with Crippen LogP contribution in [0.5, 0.6) is 0 Å². The van der Waals surface area contributed by atoms with Crippen molar-refractivity contribution in [2.75, 3.05) is 5.73 Å². The minimum atomic E-state index is -0.0204. The number of anilines is 1. The summed E-state index contributed by atoms with van der Waals surface area (Å²) in [6, 6.07) is 5.63. The quantitative estimate of drug-likeness (QED) is 0.823. The topological polar surface area (TPSA) is 55.1 Å². The fraction of sp³-hybridized carbons (Fsp3) is 0.500. The van der Waals surface area contributed by atoms with E-state index in [1.165, 1.54) is 19.3 Å². The van der Waals surface area contributed by atoms with E-state index in [-0.39, 0.29) is 5.91 Å². The Labute approximate surface area is 116 Å². The molecule has 0 radical (unpaired) electrons. The highest BCUT2D eigenvalue weighted by Gasteiger charge is 2.23. The maximum absolute atomic E-state index is 12.1. The Hall–Kier alpha value is -1.03. The molecule has 1 saturated carbocycles. The zero-order valence-corrected chi connectivity index (χ0v) is 12.2. The molecule has 1 aromatic rings. The van der Waals surface area contributed by atoms with Crippen LogP contribution in [-0.2, 0) is 0 Å². The van der Waals surface area contributed by atoms with E-state index >= 15 is 0 Å². The van der Waals surface area contributed by atoms with Crippen LogP contribution < -0.4 is 11.1 Å². The molecule has 0 heterocycles. The number of hydrogen-bond donors (Lipinski definition) is 2. The Bertz CT molecular complexity index is 447. The van der Waals surface area contributed by atoms with Gasteiger partial charge >= 0.3 is 0 Å². The van der Waals surface area contributed by atoms with Gasteiger partial charge in [0.05, 0.1) is 0 Å². The first-order chi connectivity index (χ1) is 8.58. The zero-order valence-electron chi connectivity index (χ0n) is 10.6. The fourth-order valence-electron chi connectivity index (χ4n) is 2.47. The lowest BCUT2D eigenvalue weighted by molar-refractivity contribution is 0.0910. The summed E-state index contributed by atoms with van der Waals surface area (Å²) < 4.78 is 0.824. The van der Waals surface area contributed by atoms with Crippen molar-refractivity contribution < 1.29 is 4.79 Å². The van der Waals surface area contributed by atoms with E-state index in [1.807, 2.05) is 6.07 Å². The first-order valence-corrected chi connectivity index (χ1v) is 7.23. The maximum Gasteiger partial charge on any atom is 0.251 e. The SMILES string of the molecule is C[C@@H]1CCCC[C@H]1NC(=O)c1ccc(Br)c(N)c1. The number of carbonyl (C=O) groups excluding carboxylic acids is 1. The maximum atomic E-state index is 12.1. The van der Waals surface area contributed by atoms with Gasteiger partial charge in [0.15, 0.2) is 0 Å². The average molecular weight is 311 g/mol. The zero-order chi connectivity index (χ0) is 13.1. The summed E-state index contributed by atoms with van der Waals surface area (Å²) in [4.78, 5) is 12.1. The van der Waals surface area contributed by atoms with E-state index in [0.717, 1.165) is 10.9 Å². The second kappa shape index (κ2) is 5.74. The third-order valence-corrected chi connectivity index (χ3v) is 4.41. The Kier molecular flexibility index (Phi) is 4.27. The van der Waals surface area contributed by atoms with Gasteiger partial charge in [-0.15, -0.1) is 0 Å².